The minimum absolute atomic E-state index is 0.108. The van der Waals surface area contributed by atoms with E-state index >= 15 is 0 Å². The van der Waals surface area contributed by atoms with Gasteiger partial charge >= 0.3 is 237 Å². The molecule has 2 nitrogen and oxygen atoms in total. The number of allylic oxidation sites excluding steroid dienone is 1. The maximum absolute atomic E-state index is 14.4. The second-order valence-corrected chi connectivity index (χ2v) is 12.0. The van der Waals surface area contributed by atoms with Gasteiger partial charge in [-0.2, -0.15) is 0 Å². The van der Waals surface area contributed by atoms with Crippen LogP contribution < -0.4 is 4.46 Å². The van der Waals surface area contributed by atoms with Crippen LogP contribution in [0.1, 0.15) is 33.5 Å². The van der Waals surface area contributed by atoms with Crippen molar-refractivity contribution in [2.75, 3.05) is 0 Å². The van der Waals surface area contributed by atoms with Gasteiger partial charge in [-0.05, 0) is 0 Å². The molecule has 5 aromatic carbocycles. The zero-order valence-electron chi connectivity index (χ0n) is 21.9. The summed E-state index contributed by atoms with van der Waals surface area (Å²) in [6.45, 7) is 2.00. The quantitative estimate of drug-likeness (QED) is 0.0567. The summed E-state index contributed by atoms with van der Waals surface area (Å²) in [4.78, 5) is 28.3. The van der Waals surface area contributed by atoms with Crippen LogP contribution in [-0.4, -0.2) is 26.5 Å². The fourth-order valence-corrected chi connectivity index (χ4v) is 6.72. The van der Waals surface area contributed by atoms with Gasteiger partial charge < -0.3 is 0 Å². The van der Waals surface area contributed by atoms with Crippen molar-refractivity contribution < 1.29 is 9.59 Å². The molecule has 0 radical (unpaired) electrons. The first-order valence-electron chi connectivity index (χ1n) is 13.2. The van der Waals surface area contributed by atoms with Crippen LogP contribution in [0.4, 0.5) is 0 Å². The summed E-state index contributed by atoms with van der Waals surface area (Å²) in [5.74, 6) is -0.980. The van der Waals surface area contributed by atoms with Crippen molar-refractivity contribution in [3.63, 3.8) is 0 Å². The van der Waals surface area contributed by atoms with Gasteiger partial charge in [-0.1, -0.05) is 0 Å². The molecule has 0 aliphatic heterocycles. The summed E-state index contributed by atoms with van der Waals surface area (Å²) in [6.07, 6.45) is 2.48. The second-order valence-electron chi connectivity index (χ2n) is 9.59. The van der Waals surface area contributed by atoms with Crippen LogP contribution in [0.3, 0.4) is 0 Å². The number of hydrogen-bond donors (Lipinski definition) is 0. The van der Waals surface area contributed by atoms with Crippen LogP contribution in [0.25, 0.3) is 22.4 Å². The van der Waals surface area contributed by atoms with Crippen molar-refractivity contribution in [3.05, 3.63) is 150 Å². The Hall–Kier alpha value is -4.04. The fraction of sp³-hybridized carbons (Fsp3) is 0.111. The second kappa shape index (κ2) is 12.7. The summed E-state index contributed by atoms with van der Waals surface area (Å²) < 4.78 is 1.27. The summed E-state index contributed by atoms with van der Waals surface area (Å²) in [6, 6.07) is 41.9. The van der Waals surface area contributed by atoms with E-state index in [1.807, 2.05) is 110 Å². The van der Waals surface area contributed by atoms with Crippen LogP contribution in [0.5, 0.6) is 0 Å². The first kappa shape index (κ1) is 26.6. The molecule has 0 spiro atoms. The molecule has 0 amide bonds. The number of carbonyl (C=O) groups excluding carboxylic acids is 2. The van der Waals surface area contributed by atoms with Crippen LogP contribution in [-0.2, 0) is 4.79 Å². The van der Waals surface area contributed by atoms with Crippen molar-refractivity contribution in [1.82, 2.24) is 0 Å². The summed E-state index contributed by atoms with van der Waals surface area (Å²) in [7, 11) is 0. The van der Waals surface area contributed by atoms with E-state index in [1.54, 1.807) is 0 Å². The van der Waals surface area contributed by atoms with Crippen LogP contribution in [0.2, 0.25) is 5.32 Å². The number of benzene rings is 5. The Morgan fingerprint density at radius 2 is 1.33 bits per heavy atom. The summed E-state index contributed by atoms with van der Waals surface area (Å²) in [5.41, 5.74) is 4.04. The van der Waals surface area contributed by atoms with E-state index in [9.17, 15) is 9.59 Å². The first-order valence-corrected chi connectivity index (χ1v) is 15.2. The van der Waals surface area contributed by atoms with E-state index < -0.39 is 5.92 Å². The number of ketones is 2. The molecule has 0 heterocycles. The zero-order chi connectivity index (χ0) is 27.0. The van der Waals surface area contributed by atoms with E-state index in [0.29, 0.717) is 17.6 Å². The molecule has 0 aliphatic carbocycles. The summed E-state index contributed by atoms with van der Waals surface area (Å²) in [5, 5.41) is 3.00. The molecule has 3 heteroatoms. The number of aryl methyl sites for hydroxylation is 1. The molecular formula is C36H30O2Se. The molecule has 0 aromatic heterocycles. The SMILES string of the molecule is Cc1ccc(C(=O)C(CC[Se]c2ccccc2)C(=O)/C(=C/c2cccc3ccccc23)c2ccccc2)cc1. The molecule has 192 valence electrons. The fourth-order valence-electron chi connectivity index (χ4n) is 4.75. The van der Waals surface area contributed by atoms with E-state index in [2.05, 4.69) is 30.3 Å². The van der Waals surface area contributed by atoms with Gasteiger partial charge in [0, 0.05) is 0 Å². The first-order chi connectivity index (χ1) is 19.1. The third kappa shape index (κ3) is 6.52. The molecule has 0 saturated carbocycles. The topological polar surface area (TPSA) is 34.1 Å². The molecule has 0 saturated heterocycles. The third-order valence-electron chi connectivity index (χ3n) is 6.86. The molecule has 1 atom stereocenters. The zero-order valence-corrected chi connectivity index (χ0v) is 23.6. The van der Waals surface area contributed by atoms with E-state index in [0.717, 1.165) is 32.8 Å². The molecule has 5 rings (SSSR count). The standard InChI is InChI=1S/C36H30O2Se/c1-26-19-21-29(22-20-26)35(37)33(23-24-39-31-16-6-3-7-17-31)36(38)34(28-11-4-2-5-12-28)25-30-15-10-14-27-13-8-9-18-32(27)30/h2-22,25,33H,23-24H2,1H3/b34-25+. The van der Waals surface area contributed by atoms with Gasteiger partial charge in [-0.25, -0.2) is 0 Å². The van der Waals surface area contributed by atoms with Gasteiger partial charge in [-0.3, -0.25) is 0 Å². The molecular weight excluding hydrogens is 543 g/mol. The average molecular weight is 574 g/mol. The number of rotatable bonds is 10. The average Bonchev–Trinajstić information content (AvgIpc) is 2.99. The van der Waals surface area contributed by atoms with Crippen molar-refractivity contribution in [3.8, 4) is 0 Å². The van der Waals surface area contributed by atoms with Crippen LogP contribution >= 0.6 is 0 Å². The number of Topliss-reactive ketones (excluding diaryl/α,β-unsaturated/α-hetero) is 2. The Labute approximate surface area is 236 Å². The van der Waals surface area contributed by atoms with Crippen molar-refractivity contribution in [1.29, 1.82) is 0 Å². The molecule has 0 aliphatic rings. The number of fused-ring (bicyclic) bond motifs is 1. The molecule has 0 fully saturated rings. The third-order valence-corrected chi connectivity index (χ3v) is 9.05. The van der Waals surface area contributed by atoms with Crippen LogP contribution in [0.15, 0.2) is 127 Å². The van der Waals surface area contributed by atoms with Crippen molar-refractivity contribution in [2.45, 2.75) is 18.7 Å². The molecule has 0 N–H and O–H groups in total. The maximum atomic E-state index is 14.4. The summed E-state index contributed by atoms with van der Waals surface area (Å²) >= 11 is 0.180. The predicted octanol–water partition coefficient (Wildman–Crippen LogP) is 7.60. The van der Waals surface area contributed by atoms with Gasteiger partial charge in [0.15, 0.2) is 0 Å². The molecule has 39 heavy (non-hydrogen) atoms. The Morgan fingerprint density at radius 3 is 2.08 bits per heavy atom. The van der Waals surface area contributed by atoms with E-state index in [-0.39, 0.29) is 26.5 Å². The molecule has 1 unspecified atom stereocenters. The van der Waals surface area contributed by atoms with E-state index in [1.165, 1.54) is 4.46 Å². The van der Waals surface area contributed by atoms with E-state index in [4.69, 9.17) is 0 Å². The number of carbonyl (C=O) groups is 2. The Bertz CT molecular complexity index is 1600. The monoisotopic (exact) mass is 574 g/mol. The molecule has 5 aromatic rings. The van der Waals surface area contributed by atoms with Gasteiger partial charge in [0.25, 0.3) is 0 Å². The Morgan fingerprint density at radius 1 is 0.692 bits per heavy atom. The van der Waals surface area contributed by atoms with Gasteiger partial charge in [0.2, 0.25) is 0 Å². The van der Waals surface area contributed by atoms with Gasteiger partial charge in [0.05, 0.1) is 0 Å². The minimum atomic E-state index is -0.750. The van der Waals surface area contributed by atoms with Crippen molar-refractivity contribution >= 4 is 53.4 Å². The Balaban J connectivity index is 1.55. The normalized spacial score (nSPS) is 12.3. The molecule has 0 bridgehead atoms. The van der Waals surface area contributed by atoms with Gasteiger partial charge in [-0.15, -0.1) is 0 Å². The Kier molecular flexibility index (Phi) is 8.63. The number of hydrogen-bond acceptors (Lipinski definition) is 2. The van der Waals surface area contributed by atoms with Gasteiger partial charge in [0.1, 0.15) is 0 Å². The van der Waals surface area contributed by atoms with Crippen LogP contribution in [0, 0.1) is 12.8 Å². The predicted molar refractivity (Wildman–Crippen MR) is 164 cm³/mol. The van der Waals surface area contributed by atoms with Crippen molar-refractivity contribution in [2.24, 2.45) is 5.92 Å².